The Labute approximate surface area is 341 Å². The standard InChI is InChI=1S/C44H54Cl2F3NO5Si/c1-30(32-14-11-15-33(29-32)40(51)54-41(2,3)4)39(43(52-7,44(47,48)49)55-56(8,9)10)53-38-26-16-31(17-27-38)13-12-28-50(6)42(5,34-18-22-36(45)23-19-34)35-20-24-37(46)25-21-35/h11,14-27,29-30,39H,12-13,28H2,1-10H3. The predicted octanol–water partition coefficient (Wildman–Crippen LogP) is 12.1. The lowest BCUT2D eigenvalue weighted by atomic mass is 9.83. The van der Waals surface area contributed by atoms with Crippen molar-refractivity contribution in [3.63, 3.8) is 0 Å². The summed E-state index contributed by atoms with van der Waals surface area (Å²) in [6.45, 7) is 14.7. The van der Waals surface area contributed by atoms with Crippen LogP contribution < -0.4 is 4.74 Å². The third kappa shape index (κ3) is 11.2. The number of alkyl halides is 3. The molecule has 6 nitrogen and oxygen atoms in total. The fourth-order valence-electron chi connectivity index (χ4n) is 6.76. The average molecular weight is 833 g/mol. The molecule has 0 heterocycles. The van der Waals surface area contributed by atoms with Crippen molar-refractivity contribution in [1.82, 2.24) is 4.90 Å². The van der Waals surface area contributed by atoms with Crippen LogP contribution in [0.2, 0.25) is 29.7 Å². The Morgan fingerprint density at radius 2 is 1.36 bits per heavy atom. The topological polar surface area (TPSA) is 57.2 Å². The summed E-state index contributed by atoms with van der Waals surface area (Å²) in [5, 5.41) is 1.32. The second-order valence-corrected chi connectivity index (χ2v) is 21.6. The summed E-state index contributed by atoms with van der Waals surface area (Å²) in [6, 6.07) is 29.1. The number of halogens is 5. The van der Waals surface area contributed by atoms with Gasteiger partial charge in [0, 0.05) is 23.1 Å². The van der Waals surface area contributed by atoms with Crippen LogP contribution in [0.1, 0.15) is 79.6 Å². The van der Waals surface area contributed by atoms with Crippen LogP contribution in [-0.4, -0.2) is 63.6 Å². The van der Waals surface area contributed by atoms with Crippen molar-refractivity contribution in [2.75, 3.05) is 20.7 Å². The SMILES string of the molecule is COC(O[Si](C)(C)C)(C(Oc1ccc(CCCN(C)C(C)(c2ccc(Cl)cc2)c2ccc(Cl)cc2)cc1)C(C)c1cccc(C(=O)OC(C)(C)C)c1)C(F)(F)F. The zero-order valence-corrected chi connectivity index (χ0v) is 36.4. The third-order valence-corrected chi connectivity index (χ3v) is 11.2. The van der Waals surface area contributed by atoms with E-state index in [1.54, 1.807) is 77.7 Å². The van der Waals surface area contributed by atoms with Crippen molar-refractivity contribution in [1.29, 1.82) is 0 Å². The molecule has 0 aliphatic heterocycles. The fraction of sp³-hybridized carbons (Fsp3) is 0.432. The molecule has 0 amide bonds. The van der Waals surface area contributed by atoms with Gasteiger partial charge in [0.05, 0.1) is 11.1 Å². The van der Waals surface area contributed by atoms with Gasteiger partial charge >= 0.3 is 12.1 Å². The van der Waals surface area contributed by atoms with E-state index in [-0.39, 0.29) is 11.3 Å². The molecule has 0 radical (unpaired) electrons. The zero-order valence-electron chi connectivity index (χ0n) is 33.9. The highest BCUT2D eigenvalue weighted by Gasteiger charge is 2.66. The maximum absolute atomic E-state index is 15.3. The van der Waals surface area contributed by atoms with Gasteiger partial charge < -0.3 is 18.6 Å². The molecule has 12 heteroatoms. The first-order valence-corrected chi connectivity index (χ1v) is 22.8. The van der Waals surface area contributed by atoms with Gasteiger partial charge in [-0.3, -0.25) is 4.90 Å². The van der Waals surface area contributed by atoms with Crippen LogP contribution in [-0.2, 0) is 25.9 Å². The van der Waals surface area contributed by atoms with Crippen LogP contribution in [0.5, 0.6) is 5.75 Å². The van der Waals surface area contributed by atoms with E-state index < -0.39 is 49.4 Å². The molecule has 4 aromatic rings. The largest absolute Gasteiger partial charge is 0.484 e. The van der Waals surface area contributed by atoms with Crippen LogP contribution in [0.25, 0.3) is 0 Å². The van der Waals surface area contributed by atoms with Gasteiger partial charge in [-0.25, -0.2) is 4.79 Å². The molecule has 56 heavy (non-hydrogen) atoms. The highest BCUT2D eigenvalue weighted by Crippen LogP contribution is 2.45. The Hall–Kier alpha value is -3.38. The maximum atomic E-state index is 15.3. The molecule has 3 atom stereocenters. The van der Waals surface area contributed by atoms with Gasteiger partial charge in [-0.15, -0.1) is 0 Å². The summed E-state index contributed by atoms with van der Waals surface area (Å²) >= 11 is 12.5. The second kappa shape index (κ2) is 18.0. The summed E-state index contributed by atoms with van der Waals surface area (Å²) in [5.74, 6) is -4.45. The van der Waals surface area contributed by atoms with Crippen molar-refractivity contribution in [2.45, 2.75) is 102 Å². The van der Waals surface area contributed by atoms with Crippen LogP contribution in [0.3, 0.4) is 0 Å². The number of ether oxygens (including phenoxy) is 3. The van der Waals surface area contributed by atoms with Crippen LogP contribution >= 0.6 is 23.2 Å². The van der Waals surface area contributed by atoms with E-state index in [4.69, 9.17) is 41.8 Å². The van der Waals surface area contributed by atoms with Crippen LogP contribution in [0, 0.1) is 0 Å². The number of carbonyl (C=O) groups is 1. The zero-order chi connectivity index (χ0) is 41.7. The lowest BCUT2D eigenvalue weighted by Crippen LogP contribution is -2.64. The molecule has 304 valence electrons. The van der Waals surface area contributed by atoms with E-state index in [0.717, 1.165) is 36.8 Å². The summed E-state index contributed by atoms with van der Waals surface area (Å²) in [6.07, 6.45) is -5.18. The molecule has 0 N–H and O–H groups in total. The van der Waals surface area contributed by atoms with Crippen molar-refractivity contribution >= 4 is 37.5 Å². The molecule has 0 bridgehead atoms. The fourth-order valence-corrected chi connectivity index (χ4v) is 8.23. The Morgan fingerprint density at radius 3 is 1.82 bits per heavy atom. The second-order valence-electron chi connectivity index (χ2n) is 16.3. The molecular weight excluding hydrogens is 778 g/mol. The molecule has 0 fully saturated rings. The van der Waals surface area contributed by atoms with E-state index in [2.05, 4.69) is 18.9 Å². The van der Waals surface area contributed by atoms with Crippen molar-refractivity contribution in [3.8, 4) is 5.75 Å². The summed E-state index contributed by atoms with van der Waals surface area (Å²) in [5.41, 5.74) is 2.56. The van der Waals surface area contributed by atoms with Gasteiger partial charge in [0.1, 0.15) is 11.4 Å². The Bertz CT molecular complexity index is 1850. The lowest BCUT2D eigenvalue weighted by Gasteiger charge is -2.45. The van der Waals surface area contributed by atoms with Gasteiger partial charge in [-0.1, -0.05) is 78.7 Å². The Morgan fingerprint density at radius 1 is 0.821 bits per heavy atom. The lowest BCUT2D eigenvalue weighted by molar-refractivity contribution is -0.376. The number of nitrogens with zero attached hydrogens (tertiary/aromatic N) is 1. The molecule has 0 spiro atoms. The number of hydrogen-bond donors (Lipinski definition) is 0. The van der Waals surface area contributed by atoms with E-state index in [1.807, 2.05) is 60.7 Å². The highest BCUT2D eigenvalue weighted by molar-refractivity contribution is 6.69. The number of aryl methyl sites for hydroxylation is 1. The minimum atomic E-state index is -4.98. The van der Waals surface area contributed by atoms with E-state index in [0.29, 0.717) is 22.0 Å². The number of methoxy groups -OCH3 is 1. The maximum Gasteiger partial charge on any atom is 0.446 e. The van der Waals surface area contributed by atoms with E-state index in [1.165, 1.54) is 6.07 Å². The minimum Gasteiger partial charge on any atom is -0.484 e. The Kier molecular flexibility index (Phi) is 14.6. The predicted molar refractivity (Wildman–Crippen MR) is 221 cm³/mol. The number of carbonyl (C=O) groups excluding carboxylic acids is 1. The van der Waals surface area contributed by atoms with E-state index >= 15 is 13.2 Å². The minimum absolute atomic E-state index is 0.209. The van der Waals surface area contributed by atoms with Crippen molar-refractivity contribution in [2.24, 2.45) is 0 Å². The van der Waals surface area contributed by atoms with Crippen molar-refractivity contribution in [3.05, 3.63) is 135 Å². The summed E-state index contributed by atoms with van der Waals surface area (Å²) in [4.78, 5) is 15.2. The molecule has 0 aliphatic rings. The average Bonchev–Trinajstić information content (AvgIpc) is 3.12. The number of rotatable bonds is 16. The molecule has 4 rings (SSSR count). The molecular formula is C44H54Cl2F3NO5Si. The number of benzene rings is 4. The van der Waals surface area contributed by atoms with Gasteiger partial charge in [-0.05, 0) is 145 Å². The quantitative estimate of drug-likeness (QED) is 0.0637. The normalized spacial score (nSPS) is 14.9. The molecule has 0 saturated heterocycles. The van der Waals surface area contributed by atoms with Gasteiger partial charge in [0.2, 0.25) is 0 Å². The number of esters is 1. The molecule has 0 aliphatic carbocycles. The van der Waals surface area contributed by atoms with Gasteiger partial charge in [0.15, 0.2) is 14.4 Å². The first-order valence-electron chi connectivity index (χ1n) is 18.6. The first kappa shape index (κ1) is 45.3. The summed E-state index contributed by atoms with van der Waals surface area (Å²) in [7, 11) is 0.148. The van der Waals surface area contributed by atoms with Crippen molar-refractivity contribution < 1.29 is 36.6 Å². The smallest absolute Gasteiger partial charge is 0.446 e. The molecule has 3 unspecified atom stereocenters. The third-order valence-electron chi connectivity index (χ3n) is 9.75. The Balaban J connectivity index is 1.60. The number of hydrogen-bond acceptors (Lipinski definition) is 6. The summed E-state index contributed by atoms with van der Waals surface area (Å²) < 4.78 is 69.1. The van der Waals surface area contributed by atoms with Gasteiger partial charge in [0.25, 0.3) is 5.79 Å². The molecule has 4 aromatic carbocycles. The monoisotopic (exact) mass is 831 g/mol. The van der Waals surface area contributed by atoms with Gasteiger partial charge in [-0.2, -0.15) is 13.2 Å². The highest BCUT2D eigenvalue weighted by atomic mass is 35.5. The molecule has 0 aromatic heterocycles. The van der Waals surface area contributed by atoms with Crippen LogP contribution in [0.4, 0.5) is 13.2 Å². The first-order chi connectivity index (χ1) is 26.0. The van der Waals surface area contributed by atoms with Crippen LogP contribution in [0.15, 0.2) is 97.1 Å². The molecule has 0 saturated carbocycles. The van der Waals surface area contributed by atoms with E-state index in [9.17, 15) is 4.79 Å².